The summed E-state index contributed by atoms with van der Waals surface area (Å²) in [5, 5.41) is 22.9. The summed E-state index contributed by atoms with van der Waals surface area (Å²) in [7, 11) is 0. The fourth-order valence-electron chi connectivity index (χ4n) is 4.45. The second-order valence-electron chi connectivity index (χ2n) is 10.0. The molecule has 5 N–H and O–H groups in total. The lowest BCUT2D eigenvalue weighted by Gasteiger charge is -2.27. The van der Waals surface area contributed by atoms with Crippen molar-refractivity contribution in [3.63, 3.8) is 0 Å². The van der Waals surface area contributed by atoms with Gasteiger partial charge in [0.1, 0.15) is 0 Å². The molecule has 3 amide bonds. The zero-order valence-corrected chi connectivity index (χ0v) is 23.4. The van der Waals surface area contributed by atoms with Gasteiger partial charge in [0.25, 0.3) is 17.7 Å². The van der Waals surface area contributed by atoms with E-state index in [0.717, 1.165) is 0 Å². The van der Waals surface area contributed by atoms with Crippen LogP contribution in [0.15, 0.2) is 133 Å². The van der Waals surface area contributed by atoms with Gasteiger partial charge in [-0.3, -0.25) is 14.4 Å². The molecule has 0 saturated carbocycles. The van der Waals surface area contributed by atoms with Gasteiger partial charge in [-0.05, 0) is 79.7 Å². The van der Waals surface area contributed by atoms with Crippen LogP contribution in [0.3, 0.4) is 0 Å². The summed E-state index contributed by atoms with van der Waals surface area (Å²) in [5.74, 6) is -1.01. The van der Waals surface area contributed by atoms with Gasteiger partial charge in [-0.2, -0.15) is 0 Å². The molecule has 214 valence electrons. The highest BCUT2D eigenvalue weighted by atomic mass is 16.3. The van der Waals surface area contributed by atoms with E-state index in [0.29, 0.717) is 45.0 Å². The Bertz CT molecular complexity index is 1750. The van der Waals surface area contributed by atoms with Crippen LogP contribution >= 0.6 is 0 Å². The first-order valence-electron chi connectivity index (χ1n) is 13.6. The zero-order valence-electron chi connectivity index (χ0n) is 23.4. The minimum Gasteiger partial charge on any atom is -0.367 e. The van der Waals surface area contributed by atoms with Crippen LogP contribution in [-0.4, -0.2) is 22.8 Å². The number of carbonyl (C=O) groups is 3. The molecule has 0 radical (unpaired) electrons. The molecule has 0 aliphatic carbocycles. The molecular formula is C35H30N4O4. The molecular weight excluding hydrogens is 540 g/mol. The fourth-order valence-corrected chi connectivity index (χ4v) is 4.45. The first-order valence-corrected chi connectivity index (χ1v) is 13.6. The summed E-state index contributed by atoms with van der Waals surface area (Å²) < 4.78 is 0. The maximum Gasteiger partial charge on any atom is 0.255 e. The van der Waals surface area contributed by atoms with E-state index in [1.54, 1.807) is 97.9 Å². The first kappa shape index (κ1) is 28.8. The number of nitrogens with one attached hydrogen (secondary N) is 4. The van der Waals surface area contributed by atoms with E-state index in [1.165, 1.54) is 6.07 Å². The minimum absolute atomic E-state index is 0.296. The van der Waals surface area contributed by atoms with Crippen LogP contribution in [0.5, 0.6) is 0 Å². The Labute approximate surface area is 249 Å². The summed E-state index contributed by atoms with van der Waals surface area (Å²) in [6, 6.07) is 38.3. The average molecular weight is 571 g/mol. The Kier molecular flexibility index (Phi) is 8.60. The highest BCUT2D eigenvalue weighted by Crippen LogP contribution is 2.26. The number of rotatable bonds is 9. The summed E-state index contributed by atoms with van der Waals surface area (Å²) >= 11 is 0. The molecule has 0 spiro atoms. The maximum absolute atomic E-state index is 13.0. The first-order chi connectivity index (χ1) is 20.8. The number of amides is 3. The molecule has 0 bridgehead atoms. The molecule has 0 aliphatic heterocycles. The number of benzene rings is 5. The van der Waals surface area contributed by atoms with Crippen molar-refractivity contribution in [3.05, 3.63) is 156 Å². The van der Waals surface area contributed by atoms with Crippen molar-refractivity contribution < 1.29 is 19.5 Å². The van der Waals surface area contributed by atoms with Crippen LogP contribution in [0.2, 0.25) is 0 Å². The summed E-state index contributed by atoms with van der Waals surface area (Å²) in [4.78, 5) is 38.5. The number of hydrogen-bond acceptors (Lipinski definition) is 5. The lowest BCUT2D eigenvalue weighted by atomic mass is 10.0. The van der Waals surface area contributed by atoms with E-state index in [9.17, 15) is 19.5 Å². The Morgan fingerprint density at radius 2 is 0.907 bits per heavy atom. The predicted octanol–water partition coefficient (Wildman–Crippen LogP) is 6.72. The molecule has 0 heterocycles. The van der Waals surface area contributed by atoms with Gasteiger partial charge >= 0.3 is 0 Å². The van der Waals surface area contributed by atoms with Crippen molar-refractivity contribution in [2.24, 2.45) is 0 Å². The van der Waals surface area contributed by atoms with Crippen LogP contribution < -0.4 is 21.3 Å². The Hall–Kier alpha value is -5.73. The van der Waals surface area contributed by atoms with Gasteiger partial charge in [-0.1, -0.05) is 60.7 Å². The van der Waals surface area contributed by atoms with Crippen molar-refractivity contribution in [1.29, 1.82) is 0 Å². The van der Waals surface area contributed by atoms with Crippen LogP contribution in [0.25, 0.3) is 0 Å². The third-order valence-corrected chi connectivity index (χ3v) is 6.65. The van der Waals surface area contributed by atoms with Gasteiger partial charge in [-0.15, -0.1) is 0 Å². The average Bonchev–Trinajstić information content (AvgIpc) is 3.02. The second-order valence-corrected chi connectivity index (χ2v) is 10.0. The molecule has 8 nitrogen and oxygen atoms in total. The summed E-state index contributed by atoms with van der Waals surface area (Å²) in [5.41, 5.74) is 2.36. The minimum atomic E-state index is -1.54. The number of anilines is 4. The van der Waals surface area contributed by atoms with E-state index in [-0.39, 0.29) is 11.8 Å². The number of para-hydroxylation sites is 2. The quantitative estimate of drug-likeness (QED) is 0.126. The Morgan fingerprint density at radius 3 is 1.47 bits per heavy atom. The van der Waals surface area contributed by atoms with Crippen LogP contribution in [0.4, 0.5) is 22.7 Å². The van der Waals surface area contributed by atoms with Crippen molar-refractivity contribution >= 4 is 40.5 Å². The van der Waals surface area contributed by atoms with Crippen LogP contribution in [0, 0.1) is 0 Å². The largest absolute Gasteiger partial charge is 0.367 e. The van der Waals surface area contributed by atoms with E-state index in [1.807, 2.05) is 36.4 Å². The number of hydrogen-bond donors (Lipinski definition) is 5. The lowest BCUT2D eigenvalue weighted by molar-refractivity contribution is 0.0885. The van der Waals surface area contributed by atoms with Crippen molar-refractivity contribution in [1.82, 2.24) is 0 Å². The highest BCUT2D eigenvalue weighted by Gasteiger charge is 2.24. The predicted molar refractivity (Wildman–Crippen MR) is 169 cm³/mol. The number of aliphatic hydroxyl groups is 1. The molecule has 43 heavy (non-hydrogen) atoms. The number of carbonyl (C=O) groups excluding carboxylic acids is 3. The molecule has 5 rings (SSSR count). The standard InChI is InChI=1S/C35H30N4O4/c1-35(43,27-14-9-13-26(22-27)34(42)37-29-17-6-3-7-18-29)39-31-20-10-19-30(23-31)38-33(41)25-12-8-11-24(21-25)32(40)36-28-15-4-2-5-16-28/h2-23,39,43H,1H3,(H,36,40)(H,37,42)(H,38,41). The third kappa shape index (κ3) is 7.52. The molecule has 5 aromatic carbocycles. The van der Waals surface area contributed by atoms with E-state index < -0.39 is 11.6 Å². The van der Waals surface area contributed by atoms with Gasteiger partial charge in [0.15, 0.2) is 5.72 Å². The van der Waals surface area contributed by atoms with Gasteiger partial charge in [0.2, 0.25) is 0 Å². The molecule has 0 saturated heterocycles. The molecule has 1 unspecified atom stereocenters. The van der Waals surface area contributed by atoms with Crippen molar-refractivity contribution in [3.8, 4) is 0 Å². The molecule has 0 fully saturated rings. The van der Waals surface area contributed by atoms with Gasteiger partial charge in [-0.25, -0.2) is 0 Å². The highest BCUT2D eigenvalue weighted by molar-refractivity contribution is 6.09. The normalized spacial score (nSPS) is 12.0. The van der Waals surface area contributed by atoms with Gasteiger partial charge in [0, 0.05) is 45.0 Å². The smallest absolute Gasteiger partial charge is 0.255 e. The van der Waals surface area contributed by atoms with Gasteiger partial charge in [0.05, 0.1) is 0 Å². The van der Waals surface area contributed by atoms with E-state index in [4.69, 9.17) is 0 Å². The van der Waals surface area contributed by atoms with Gasteiger partial charge < -0.3 is 26.4 Å². The summed E-state index contributed by atoms with van der Waals surface area (Å²) in [6.07, 6.45) is 0. The topological polar surface area (TPSA) is 120 Å². The second kappa shape index (κ2) is 12.8. The van der Waals surface area contributed by atoms with E-state index >= 15 is 0 Å². The summed E-state index contributed by atoms with van der Waals surface area (Å²) in [6.45, 7) is 1.58. The maximum atomic E-state index is 13.0. The van der Waals surface area contributed by atoms with Crippen molar-refractivity contribution in [2.75, 3.05) is 21.3 Å². The fraction of sp³-hybridized carbons (Fsp3) is 0.0571. The van der Waals surface area contributed by atoms with Crippen LogP contribution in [0.1, 0.15) is 43.6 Å². The molecule has 0 aliphatic rings. The molecule has 5 aromatic rings. The molecule has 1 atom stereocenters. The Balaban J connectivity index is 1.25. The molecule has 8 heteroatoms. The SMILES string of the molecule is CC(O)(Nc1cccc(NC(=O)c2cccc(C(=O)Nc3ccccc3)c2)c1)c1cccc(C(=O)Nc2ccccc2)c1. The lowest BCUT2D eigenvalue weighted by Crippen LogP contribution is -2.31. The Morgan fingerprint density at radius 1 is 0.488 bits per heavy atom. The van der Waals surface area contributed by atoms with Crippen LogP contribution in [-0.2, 0) is 5.72 Å². The molecule has 0 aromatic heterocycles. The van der Waals surface area contributed by atoms with Crippen molar-refractivity contribution in [2.45, 2.75) is 12.6 Å². The monoisotopic (exact) mass is 570 g/mol. The van der Waals surface area contributed by atoms with E-state index in [2.05, 4.69) is 21.3 Å². The third-order valence-electron chi connectivity index (χ3n) is 6.65. The zero-order chi connectivity index (χ0) is 30.2.